The lowest BCUT2D eigenvalue weighted by molar-refractivity contribution is 0.413. The Bertz CT molecular complexity index is 1320. The van der Waals surface area contributed by atoms with E-state index >= 15 is 0 Å². The van der Waals surface area contributed by atoms with Crippen molar-refractivity contribution in [1.29, 1.82) is 0 Å². The molecule has 4 rings (SSSR count). The molecule has 0 aliphatic rings. The molecule has 0 atom stereocenters. The molecule has 0 spiro atoms. The molecule has 0 aliphatic heterocycles. The second-order valence-corrected chi connectivity index (χ2v) is 8.27. The molecule has 4 aromatic rings. The molecule has 0 bridgehead atoms. The van der Waals surface area contributed by atoms with Crippen LogP contribution < -0.4 is 20.7 Å². The van der Waals surface area contributed by atoms with Gasteiger partial charge >= 0.3 is 0 Å². The highest BCUT2D eigenvalue weighted by Crippen LogP contribution is 2.36. The summed E-state index contributed by atoms with van der Waals surface area (Å²) in [5, 5.41) is 3.16. The molecule has 2 aromatic carbocycles. The fraction of sp³-hybridized carbons (Fsp3) is 0.292. The van der Waals surface area contributed by atoms with Crippen molar-refractivity contribution in [3.8, 4) is 17.0 Å². The molecule has 0 saturated carbocycles. The van der Waals surface area contributed by atoms with Gasteiger partial charge in [-0.2, -0.15) is 0 Å². The quantitative estimate of drug-likeness (QED) is 0.373. The van der Waals surface area contributed by atoms with E-state index in [-0.39, 0.29) is 5.58 Å². The Morgan fingerprint density at radius 2 is 1.91 bits per heavy atom. The summed E-state index contributed by atoms with van der Waals surface area (Å²) in [6.07, 6.45) is 1.60. The second kappa shape index (κ2) is 9.52. The Morgan fingerprint density at radius 3 is 2.65 bits per heavy atom. The van der Waals surface area contributed by atoms with Gasteiger partial charge in [-0.1, -0.05) is 0 Å². The van der Waals surface area contributed by atoms with Crippen molar-refractivity contribution in [3.63, 3.8) is 0 Å². The molecule has 0 unspecified atom stereocenters. The predicted octanol–water partition coefficient (Wildman–Crippen LogP) is 4.06. The first kappa shape index (κ1) is 23.2. The summed E-state index contributed by atoms with van der Waals surface area (Å²) in [5.74, 6) is 0.822. The molecule has 0 saturated heterocycles. The van der Waals surface area contributed by atoms with Crippen LogP contribution in [0.3, 0.4) is 0 Å². The van der Waals surface area contributed by atoms with Crippen molar-refractivity contribution in [1.82, 2.24) is 19.9 Å². The van der Waals surface area contributed by atoms with Gasteiger partial charge in [-0.25, -0.2) is 19.3 Å². The summed E-state index contributed by atoms with van der Waals surface area (Å²) >= 11 is 0. The van der Waals surface area contributed by atoms with Gasteiger partial charge in [0.05, 0.1) is 29.9 Å². The predicted molar refractivity (Wildman–Crippen MR) is 132 cm³/mol. The Kier molecular flexibility index (Phi) is 6.51. The van der Waals surface area contributed by atoms with Crippen LogP contribution in [0.1, 0.15) is 5.89 Å². The number of anilines is 4. The van der Waals surface area contributed by atoms with E-state index in [4.69, 9.17) is 14.9 Å². The molecule has 9 nitrogen and oxygen atoms in total. The third kappa shape index (κ3) is 4.86. The lowest BCUT2D eigenvalue weighted by Gasteiger charge is -2.24. The van der Waals surface area contributed by atoms with E-state index in [1.54, 1.807) is 38.4 Å². The molecule has 0 amide bonds. The Balaban J connectivity index is 1.62. The minimum Gasteiger partial charge on any atom is -0.494 e. The molecule has 178 valence electrons. The first-order valence-corrected chi connectivity index (χ1v) is 10.8. The van der Waals surface area contributed by atoms with Crippen LogP contribution in [0.2, 0.25) is 0 Å². The number of likely N-dealkylation sites (N-methyl/N-ethyl adjacent to an activating group) is 2. The average molecular weight is 466 g/mol. The van der Waals surface area contributed by atoms with Gasteiger partial charge in [0.25, 0.3) is 0 Å². The highest BCUT2D eigenvalue weighted by Gasteiger charge is 2.15. The maximum Gasteiger partial charge on any atom is 0.227 e. The summed E-state index contributed by atoms with van der Waals surface area (Å²) in [6.45, 7) is 3.37. The van der Waals surface area contributed by atoms with Crippen molar-refractivity contribution in [3.05, 3.63) is 48.2 Å². The molecule has 0 aliphatic carbocycles. The van der Waals surface area contributed by atoms with E-state index in [1.165, 1.54) is 6.07 Å². The molecule has 34 heavy (non-hydrogen) atoms. The minimum absolute atomic E-state index is 0.129. The number of fused-ring (bicyclic) bond motifs is 1. The van der Waals surface area contributed by atoms with Gasteiger partial charge in [0.2, 0.25) is 5.95 Å². The second-order valence-electron chi connectivity index (χ2n) is 8.27. The van der Waals surface area contributed by atoms with E-state index in [9.17, 15) is 4.39 Å². The molecule has 0 radical (unpaired) electrons. The zero-order valence-corrected chi connectivity index (χ0v) is 19.9. The van der Waals surface area contributed by atoms with Crippen molar-refractivity contribution in [2.24, 2.45) is 0 Å². The number of hydrogen-bond acceptors (Lipinski definition) is 9. The highest BCUT2D eigenvalue weighted by molar-refractivity contribution is 5.81. The lowest BCUT2D eigenvalue weighted by atomic mass is 10.1. The maximum atomic E-state index is 14.5. The Morgan fingerprint density at radius 1 is 1.12 bits per heavy atom. The third-order valence-electron chi connectivity index (χ3n) is 5.39. The fourth-order valence-corrected chi connectivity index (χ4v) is 3.60. The average Bonchev–Trinajstić information content (AvgIpc) is 3.18. The number of nitrogens with zero attached hydrogens (tertiary/aromatic N) is 5. The van der Waals surface area contributed by atoms with Crippen LogP contribution >= 0.6 is 0 Å². The lowest BCUT2D eigenvalue weighted by Crippen LogP contribution is -2.29. The van der Waals surface area contributed by atoms with Gasteiger partial charge in [0, 0.05) is 44.9 Å². The monoisotopic (exact) mass is 465 g/mol. The fourth-order valence-electron chi connectivity index (χ4n) is 3.60. The van der Waals surface area contributed by atoms with Crippen molar-refractivity contribution >= 4 is 34.1 Å². The number of oxazole rings is 1. The minimum atomic E-state index is -0.496. The van der Waals surface area contributed by atoms with Crippen LogP contribution in [-0.2, 0) is 0 Å². The summed E-state index contributed by atoms with van der Waals surface area (Å²) in [4.78, 5) is 17.3. The van der Waals surface area contributed by atoms with Crippen LogP contribution in [-0.4, -0.2) is 61.2 Å². The highest BCUT2D eigenvalue weighted by atomic mass is 19.1. The van der Waals surface area contributed by atoms with Gasteiger partial charge in [0.1, 0.15) is 11.3 Å². The number of nitrogen functional groups attached to an aromatic ring is 1. The largest absolute Gasteiger partial charge is 0.494 e. The molecular weight excluding hydrogens is 437 g/mol. The number of aryl methyl sites for hydroxylation is 1. The normalized spacial score (nSPS) is 11.3. The molecule has 0 fully saturated rings. The zero-order chi connectivity index (χ0) is 24.4. The van der Waals surface area contributed by atoms with E-state index in [0.29, 0.717) is 45.7 Å². The summed E-state index contributed by atoms with van der Waals surface area (Å²) < 4.78 is 25.4. The maximum absolute atomic E-state index is 14.5. The number of ether oxygens (including phenoxy) is 1. The summed E-state index contributed by atoms with van der Waals surface area (Å²) in [5.41, 5.74) is 10.1. The van der Waals surface area contributed by atoms with Crippen LogP contribution in [0.15, 0.2) is 40.9 Å². The molecule has 2 aromatic heterocycles. The summed E-state index contributed by atoms with van der Waals surface area (Å²) in [6, 6.07) is 8.48. The number of nitrogens with two attached hydrogens (primary N) is 1. The molecule has 3 N–H and O–H groups in total. The van der Waals surface area contributed by atoms with E-state index in [2.05, 4.69) is 30.1 Å². The van der Waals surface area contributed by atoms with Gasteiger partial charge in [-0.3, -0.25) is 0 Å². The van der Waals surface area contributed by atoms with E-state index in [0.717, 1.165) is 18.8 Å². The van der Waals surface area contributed by atoms with Gasteiger partial charge < -0.3 is 30.0 Å². The smallest absolute Gasteiger partial charge is 0.227 e. The number of nitrogens with one attached hydrogen (secondary N) is 1. The molecule has 10 heteroatoms. The SMILES string of the molecule is COc1cc(N(C)CCN(C)C)c(N)cc1Nc1nccc(-c2cc(F)c3oc(C)nc3c2)n1. The topological polar surface area (TPSA) is 106 Å². The number of rotatable bonds is 8. The van der Waals surface area contributed by atoms with Gasteiger partial charge in [-0.05, 0) is 38.4 Å². The van der Waals surface area contributed by atoms with Crippen molar-refractivity contribution in [2.75, 3.05) is 57.3 Å². The van der Waals surface area contributed by atoms with Gasteiger partial charge in [0.15, 0.2) is 17.3 Å². The number of aromatic nitrogens is 3. The van der Waals surface area contributed by atoms with Crippen LogP contribution in [0.25, 0.3) is 22.4 Å². The first-order valence-electron chi connectivity index (χ1n) is 10.8. The Labute approximate surface area is 197 Å². The third-order valence-corrected chi connectivity index (χ3v) is 5.39. The van der Waals surface area contributed by atoms with Crippen LogP contribution in [0.4, 0.5) is 27.4 Å². The number of benzene rings is 2. The molecular formula is C24H28FN7O2. The van der Waals surface area contributed by atoms with Crippen LogP contribution in [0.5, 0.6) is 5.75 Å². The van der Waals surface area contributed by atoms with Crippen molar-refractivity contribution in [2.45, 2.75) is 6.92 Å². The first-order chi connectivity index (χ1) is 16.2. The van der Waals surface area contributed by atoms with E-state index < -0.39 is 5.82 Å². The van der Waals surface area contributed by atoms with Crippen LogP contribution in [0, 0.1) is 12.7 Å². The number of methoxy groups -OCH3 is 1. The standard InChI is InChI=1S/C24H28FN7O2/c1-14-28-20-11-15(10-16(25)23(20)34-14)18-6-7-27-24(29-18)30-19-12-17(26)21(13-22(19)33-5)32(4)9-8-31(2)3/h6-7,10-13H,8-9,26H2,1-5H3,(H,27,29,30). The molecule has 2 heterocycles. The Hall–Kier alpha value is -3.92. The number of hydrogen-bond donors (Lipinski definition) is 2. The number of halogens is 1. The summed E-state index contributed by atoms with van der Waals surface area (Å²) in [7, 11) is 7.63. The van der Waals surface area contributed by atoms with E-state index in [1.807, 2.05) is 27.2 Å². The van der Waals surface area contributed by atoms with Gasteiger partial charge in [-0.15, -0.1) is 0 Å². The zero-order valence-electron chi connectivity index (χ0n) is 19.9. The van der Waals surface area contributed by atoms with Crippen molar-refractivity contribution < 1.29 is 13.5 Å².